The van der Waals surface area contributed by atoms with E-state index in [1.54, 1.807) is 0 Å². The normalized spacial score (nSPS) is 41.8. The van der Waals surface area contributed by atoms with Gasteiger partial charge in [-0.25, -0.2) is 4.39 Å². The molecule has 2 fully saturated rings. The van der Waals surface area contributed by atoms with E-state index in [2.05, 4.69) is 10.6 Å². The molecular weight excluding hydrogens is 167 g/mol. The van der Waals surface area contributed by atoms with Crippen molar-refractivity contribution in [3.63, 3.8) is 0 Å². The van der Waals surface area contributed by atoms with Crippen molar-refractivity contribution in [2.45, 2.75) is 25.4 Å². The van der Waals surface area contributed by atoms with Crippen molar-refractivity contribution in [1.29, 1.82) is 0 Å². The lowest BCUT2D eigenvalue weighted by Gasteiger charge is -2.35. The summed E-state index contributed by atoms with van der Waals surface area (Å²) in [4.78, 5) is 0. The van der Waals surface area contributed by atoms with Gasteiger partial charge in [0.25, 0.3) is 0 Å². The molecule has 2 saturated heterocycles. The highest BCUT2D eigenvalue weighted by molar-refractivity contribution is 4.85. The van der Waals surface area contributed by atoms with Gasteiger partial charge in [0.05, 0.1) is 0 Å². The number of nitrogens with one attached hydrogen (secondary N) is 2. The molecule has 0 aliphatic carbocycles. The Morgan fingerprint density at radius 3 is 2.54 bits per heavy atom. The summed E-state index contributed by atoms with van der Waals surface area (Å²) in [6, 6.07) is 0. The first-order valence-corrected chi connectivity index (χ1v) is 5.43. The number of hydrogen-bond acceptors (Lipinski definition) is 2. The van der Waals surface area contributed by atoms with Crippen molar-refractivity contribution in [3.05, 3.63) is 0 Å². The van der Waals surface area contributed by atoms with Crippen LogP contribution in [0, 0.1) is 11.8 Å². The molecule has 0 aromatic heterocycles. The van der Waals surface area contributed by atoms with Gasteiger partial charge in [0.2, 0.25) is 0 Å². The smallest absolute Gasteiger partial charge is 0.106 e. The Morgan fingerprint density at radius 2 is 1.85 bits per heavy atom. The van der Waals surface area contributed by atoms with Gasteiger partial charge in [-0.15, -0.1) is 0 Å². The first-order chi connectivity index (χ1) is 6.38. The summed E-state index contributed by atoms with van der Waals surface area (Å²) in [6.07, 6.45) is 2.57. The second-order valence-electron chi connectivity index (χ2n) is 4.28. The summed E-state index contributed by atoms with van der Waals surface area (Å²) >= 11 is 0. The van der Waals surface area contributed by atoms with Crippen LogP contribution < -0.4 is 10.6 Å². The minimum Gasteiger partial charge on any atom is -0.316 e. The van der Waals surface area contributed by atoms with Gasteiger partial charge >= 0.3 is 0 Å². The lowest BCUT2D eigenvalue weighted by molar-refractivity contribution is 0.110. The SMILES string of the molecule is FC1CCNCC1C1CCCNC1. The van der Waals surface area contributed by atoms with Gasteiger partial charge < -0.3 is 10.6 Å². The van der Waals surface area contributed by atoms with Crippen molar-refractivity contribution in [2.24, 2.45) is 11.8 Å². The maximum absolute atomic E-state index is 13.6. The minimum atomic E-state index is -0.564. The zero-order chi connectivity index (χ0) is 9.10. The van der Waals surface area contributed by atoms with Crippen molar-refractivity contribution >= 4 is 0 Å². The Hall–Kier alpha value is -0.150. The van der Waals surface area contributed by atoms with Crippen LogP contribution in [0.4, 0.5) is 4.39 Å². The molecule has 2 aliphatic heterocycles. The highest BCUT2D eigenvalue weighted by atomic mass is 19.1. The zero-order valence-corrected chi connectivity index (χ0v) is 8.06. The Balaban J connectivity index is 1.88. The number of halogens is 1. The van der Waals surface area contributed by atoms with Gasteiger partial charge in [-0.2, -0.15) is 0 Å². The molecule has 2 N–H and O–H groups in total. The third kappa shape index (κ3) is 2.20. The number of rotatable bonds is 1. The molecule has 2 aliphatic rings. The first kappa shape index (κ1) is 9.41. The predicted octanol–water partition coefficient (Wildman–Crippen LogP) is 0.934. The summed E-state index contributed by atoms with van der Waals surface area (Å²) < 4.78 is 13.6. The average molecular weight is 186 g/mol. The van der Waals surface area contributed by atoms with Gasteiger partial charge in [-0.05, 0) is 44.8 Å². The standard InChI is InChI=1S/C10H19FN2/c11-10-3-5-13-7-9(10)8-2-1-4-12-6-8/h8-10,12-13H,1-7H2. The molecule has 3 atom stereocenters. The van der Waals surface area contributed by atoms with Crippen LogP contribution in [0.3, 0.4) is 0 Å². The van der Waals surface area contributed by atoms with E-state index in [1.807, 2.05) is 0 Å². The first-order valence-electron chi connectivity index (χ1n) is 5.43. The van der Waals surface area contributed by atoms with Crippen LogP contribution in [0.25, 0.3) is 0 Å². The van der Waals surface area contributed by atoms with E-state index in [-0.39, 0.29) is 5.92 Å². The summed E-state index contributed by atoms with van der Waals surface area (Å²) in [5.41, 5.74) is 0. The van der Waals surface area contributed by atoms with Crippen molar-refractivity contribution < 1.29 is 4.39 Å². The second-order valence-corrected chi connectivity index (χ2v) is 4.28. The second kappa shape index (κ2) is 4.38. The molecule has 0 amide bonds. The zero-order valence-electron chi connectivity index (χ0n) is 8.06. The molecule has 3 heteroatoms. The third-order valence-corrected chi connectivity index (χ3v) is 3.38. The maximum Gasteiger partial charge on any atom is 0.106 e. The number of piperidine rings is 2. The minimum absolute atomic E-state index is 0.265. The lowest BCUT2D eigenvalue weighted by Crippen LogP contribution is -2.46. The molecule has 3 unspecified atom stereocenters. The lowest BCUT2D eigenvalue weighted by atomic mass is 9.81. The molecule has 0 aromatic carbocycles. The topological polar surface area (TPSA) is 24.1 Å². The van der Waals surface area contributed by atoms with Gasteiger partial charge in [0, 0.05) is 12.5 Å². The van der Waals surface area contributed by atoms with Gasteiger partial charge in [-0.3, -0.25) is 0 Å². The fourth-order valence-corrected chi connectivity index (χ4v) is 2.56. The van der Waals surface area contributed by atoms with Gasteiger partial charge in [0.1, 0.15) is 6.17 Å². The Bertz CT molecular complexity index is 157. The Morgan fingerprint density at radius 1 is 1.00 bits per heavy atom. The Labute approximate surface area is 79.3 Å². The molecule has 2 nitrogen and oxygen atoms in total. The van der Waals surface area contributed by atoms with E-state index in [0.29, 0.717) is 12.3 Å². The predicted molar refractivity (Wildman–Crippen MR) is 51.5 cm³/mol. The number of alkyl halides is 1. The largest absolute Gasteiger partial charge is 0.316 e. The van der Waals surface area contributed by atoms with E-state index >= 15 is 0 Å². The molecule has 0 radical (unpaired) electrons. The summed E-state index contributed by atoms with van der Waals surface area (Å²) in [7, 11) is 0. The summed E-state index contributed by atoms with van der Waals surface area (Å²) in [5, 5.41) is 6.65. The van der Waals surface area contributed by atoms with Crippen LogP contribution in [0.15, 0.2) is 0 Å². The molecule has 0 bridgehead atoms. The van der Waals surface area contributed by atoms with Crippen LogP contribution in [0.2, 0.25) is 0 Å². The molecule has 0 aromatic rings. The molecule has 2 rings (SSSR count). The van der Waals surface area contributed by atoms with E-state index in [4.69, 9.17) is 0 Å². The van der Waals surface area contributed by atoms with Crippen LogP contribution in [0.1, 0.15) is 19.3 Å². The van der Waals surface area contributed by atoms with E-state index in [1.165, 1.54) is 12.8 Å². The highest BCUT2D eigenvalue weighted by Crippen LogP contribution is 2.27. The quantitative estimate of drug-likeness (QED) is 0.636. The van der Waals surface area contributed by atoms with Gasteiger partial charge in [-0.1, -0.05) is 0 Å². The monoisotopic (exact) mass is 186 g/mol. The summed E-state index contributed by atoms with van der Waals surface area (Å²) in [6.45, 7) is 3.88. The molecule has 0 saturated carbocycles. The fraction of sp³-hybridized carbons (Fsp3) is 1.00. The Kier molecular flexibility index (Phi) is 3.17. The number of hydrogen-bond donors (Lipinski definition) is 2. The molecule has 76 valence electrons. The van der Waals surface area contributed by atoms with Crippen LogP contribution >= 0.6 is 0 Å². The highest BCUT2D eigenvalue weighted by Gasteiger charge is 2.32. The maximum atomic E-state index is 13.6. The van der Waals surface area contributed by atoms with Crippen molar-refractivity contribution in [3.8, 4) is 0 Å². The van der Waals surface area contributed by atoms with Crippen LogP contribution in [-0.2, 0) is 0 Å². The molecule has 13 heavy (non-hydrogen) atoms. The average Bonchev–Trinajstić information content (AvgIpc) is 2.20. The molecular formula is C10H19FN2. The van der Waals surface area contributed by atoms with E-state index < -0.39 is 6.17 Å². The van der Waals surface area contributed by atoms with E-state index in [9.17, 15) is 4.39 Å². The fourth-order valence-electron chi connectivity index (χ4n) is 2.56. The van der Waals surface area contributed by atoms with Gasteiger partial charge in [0.15, 0.2) is 0 Å². The van der Waals surface area contributed by atoms with Crippen LogP contribution in [0.5, 0.6) is 0 Å². The summed E-state index contributed by atoms with van der Waals surface area (Å²) in [5.74, 6) is 0.832. The van der Waals surface area contributed by atoms with Crippen molar-refractivity contribution in [1.82, 2.24) is 10.6 Å². The molecule has 0 spiro atoms. The van der Waals surface area contributed by atoms with E-state index in [0.717, 1.165) is 26.2 Å². The van der Waals surface area contributed by atoms with Crippen molar-refractivity contribution in [2.75, 3.05) is 26.2 Å². The third-order valence-electron chi connectivity index (χ3n) is 3.38. The van der Waals surface area contributed by atoms with Crippen LogP contribution in [-0.4, -0.2) is 32.4 Å². The molecule has 2 heterocycles.